The lowest BCUT2D eigenvalue weighted by Crippen LogP contribution is -2.30. The molecule has 0 saturated carbocycles. The number of carbonyl (C=O) groups is 1. The first-order chi connectivity index (χ1) is 12.6. The summed E-state index contributed by atoms with van der Waals surface area (Å²) in [4.78, 5) is 24.3. The van der Waals surface area contributed by atoms with Crippen LogP contribution in [0.5, 0.6) is 0 Å². The van der Waals surface area contributed by atoms with E-state index in [2.05, 4.69) is 15.3 Å². The molecule has 1 unspecified atom stereocenters. The Labute approximate surface area is 160 Å². The van der Waals surface area contributed by atoms with Crippen LogP contribution in [0.15, 0.2) is 27.8 Å². The first-order valence-corrected chi connectivity index (χ1v) is 10.6. The van der Waals surface area contributed by atoms with Crippen molar-refractivity contribution in [1.82, 2.24) is 15.3 Å². The zero-order valence-electron chi connectivity index (χ0n) is 14.9. The standard InChI is InChI=1S/C19H21N3O2S2/c1-11(17(23)20-10-13-6-5-9-24-13)25-18-16-14-7-3-4-8-15(14)26-19(16)22-12(2)21-18/h5-6,9,11H,3-4,7-8,10H2,1-2H3,(H,20,23). The van der Waals surface area contributed by atoms with Gasteiger partial charge in [0.05, 0.1) is 18.1 Å². The van der Waals surface area contributed by atoms with Crippen LogP contribution in [0.1, 0.15) is 41.8 Å². The Balaban J connectivity index is 1.56. The summed E-state index contributed by atoms with van der Waals surface area (Å²) < 4.78 is 5.27. The Hall–Kier alpha value is -1.86. The number of nitrogens with zero attached hydrogens (tertiary/aromatic N) is 2. The molecule has 4 rings (SSSR count). The van der Waals surface area contributed by atoms with E-state index in [0.717, 1.165) is 34.3 Å². The van der Waals surface area contributed by atoms with Gasteiger partial charge in [0, 0.05) is 10.3 Å². The minimum absolute atomic E-state index is 0.0140. The summed E-state index contributed by atoms with van der Waals surface area (Å²) in [6, 6.07) is 3.67. The van der Waals surface area contributed by atoms with Crippen LogP contribution < -0.4 is 5.32 Å². The molecule has 0 aromatic carbocycles. The third-order valence-electron chi connectivity index (χ3n) is 4.57. The summed E-state index contributed by atoms with van der Waals surface area (Å²) in [5.74, 6) is 1.50. The predicted octanol–water partition coefficient (Wildman–Crippen LogP) is 4.27. The molecule has 0 bridgehead atoms. The van der Waals surface area contributed by atoms with Crippen LogP contribution in [0.2, 0.25) is 0 Å². The van der Waals surface area contributed by atoms with E-state index in [9.17, 15) is 4.79 Å². The van der Waals surface area contributed by atoms with Gasteiger partial charge in [0.15, 0.2) is 0 Å². The number of aryl methyl sites for hydroxylation is 3. The Kier molecular flexibility index (Phi) is 5.00. The molecule has 26 heavy (non-hydrogen) atoms. The zero-order valence-corrected chi connectivity index (χ0v) is 16.5. The molecule has 0 aliphatic heterocycles. The summed E-state index contributed by atoms with van der Waals surface area (Å²) in [6.07, 6.45) is 6.31. The molecule has 1 atom stereocenters. The molecule has 0 saturated heterocycles. The zero-order chi connectivity index (χ0) is 18.1. The van der Waals surface area contributed by atoms with E-state index in [1.165, 1.54) is 40.4 Å². The molecule has 1 aliphatic rings. The highest BCUT2D eigenvalue weighted by Gasteiger charge is 2.23. The predicted molar refractivity (Wildman–Crippen MR) is 105 cm³/mol. The van der Waals surface area contributed by atoms with Gasteiger partial charge in [-0.15, -0.1) is 11.3 Å². The lowest BCUT2D eigenvalue weighted by atomic mass is 9.97. The van der Waals surface area contributed by atoms with Gasteiger partial charge in [-0.2, -0.15) is 0 Å². The number of fused-ring (bicyclic) bond motifs is 3. The number of furan rings is 1. The van der Waals surface area contributed by atoms with Gasteiger partial charge in [0.1, 0.15) is 21.4 Å². The molecule has 0 radical (unpaired) electrons. The van der Waals surface area contributed by atoms with E-state index >= 15 is 0 Å². The number of amides is 1. The van der Waals surface area contributed by atoms with Gasteiger partial charge in [0.25, 0.3) is 0 Å². The van der Waals surface area contributed by atoms with E-state index in [0.29, 0.717) is 6.54 Å². The summed E-state index contributed by atoms with van der Waals surface area (Å²) in [6.45, 7) is 4.25. The molecule has 3 aromatic rings. The molecule has 0 spiro atoms. The number of nitrogens with one attached hydrogen (secondary N) is 1. The highest BCUT2D eigenvalue weighted by molar-refractivity contribution is 8.00. The first kappa shape index (κ1) is 17.5. The molecule has 136 valence electrons. The maximum Gasteiger partial charge on any atom is 0.233 e. The Morgan fingerprint density at radius 2 is 2.23 bits per heavy atom. The van der Waals surface area contributed by atoms with Gasteiger partial charge < -0.3 is 9.73 Å². The van der Waals surface area contributed by atoms with Crippen LogP contribution in [0.3, 0.4) is 0 Å². The van der Waals surface area contributed by atoms with Crippen LogP contribution in [0.25, 0.3) is 10.2 Å². The number of aromatic nitrogens is 2. The first-order valence-electron chi connectivity index (χ1n) is 8.87. The van der Waals surface area contributed by atoms with Crippen molar-refractivity contribution < 1.29 is 9.21 Å². The lowest BCUT2D eigenvalue weighted by Gasteiger charge is -2.14. The van der Waals surface area contributed by atoms with Gasteiger partial charge >= 0.3 is 0 Å². The highest BCUT2D eigenvalue weighted by atomic mass is 32.2. The second-order valence-corrected chi connectivity index (χ2v) is 8.94. The van der Waals surface area contributed by atoms with Gasteiger partial charge in [-0.3, -0.25) is 4.79 Å². The average molecular weight is 388 g/mol. The molecule has 5 nitrogen and oxygen atoms in total. The topological polar surface area (TPSA) is 68.0 Å². The number of rotatable bonds is 5. The summed E-state index contributed by atoms with van der Waals surface area (Å²) in [7, 11) is 0. The highest BCUT2D eigenvalue weighted by Crippen LogP contribution is 2.40. The fourth-order valence-corrected chi connectivity index (χ4v) is 5.68. The molecule has 3 heterocycles. The normalized spacial score (nSPS) is 15.0. The number of thioether (sulfide) groups is 1. The molecule has 0 fully saturated rings. The largest absolute Gasteiger partial charge is 0.467 e. The molecule has 7 heteroatoms. The van der Waals surface area contributed by atoms with Crippen molar-refractivity contribution in [2.75, 3.05) is 0 Å². The minimum Gasteiger partial charge on any atom is -0.467 e. The maximum absolute atomic E-state index is 12.5. The fraction of sp³-hybridized carbons (Fsp3) is 0.421. The average Bonchev–Trinajstić information content (AvgIpc) is 3.26. The van der Waals surface area contributed by atoms with Crippen LogP contribution in [-0.4, -0.2) is 21.1 Å². The number of hydrogen-bond donors (Lipinski definition) is 1. The van der Waals surface area contributed by atoms with Gasteiger partial charge in [-0.1, -0.05) is 11.8 Å². The molecular formula is C19H21N3O2S2. The van der Waals surface area contributed by atoms with Crippen molar-refractivity contribution >= 4 is 39.2 Å². The van der Waals surface area contributed by atoms with E-state index < -0.39 is 0 Å². The molecular weight excluding hydrogens is 366 g/mol. The van der Waals surface area contributed by atoms with Crippen LogP contribution >= 0.6 is 23.1 Å². The van der Waals surface area contributed by atoms with Crippen molar-refractivity contribution in [3.05, 3.63) is 40.4 Å². The summed E-state index contributed by atoms with van der Waals surface area (Å²) in [5.41, 5.74) is 1.40. The van der Waals surface area contributed by atoms with E-state index in [4.69, 9.17) is 4.42 Å². The Morgan fingerprint density at radius 1 is 1.38 bits per heavy atom. The number of thiophene rings is 1. The number of hydrogen-bond acceptors (Lipinski definition) is 6. The molecule has 1 aliphatic carbocycles. The second kappa shape index (κ2) is 7.40. The lowest BCUT2D eigenvalue weighted by molar-refractivity contribution is -0.120. The van der Waals surface area contributed by atoms with E-state index in [1.807, 2.05) is 26.0 Å². The van der Waals surface area contributed by atoms with Crippen molar-refractivity contribution in [1.29, 1.82) is 0 Å². The van der Waals surface area contributed by atoms with Crippen molar-refractivity contribution in [2.24, 2.45) is 0 Å². The van der Waals surface area contributed by atoms with Gasteiger partial charge in [0.2, 0.25) is 5.91 Å². The van der Waals surface area contributed by atoms with Crippen LogP contribution in [0.4, 0.5) is 0 Å². The second-order valence-electron chi connectivity index (χ2n) is 6.52. The Morgan fingerprint density at radius 3 is 3.04 bits per heavy atom. The number of carbonyl (C=O) groups excluding carboxylic acids is 1. The van der Waals surface area contributed by atoms with Crippen molar-refractivity contribution in [3.63, 3.8) is 0 Å². The fourth-order valence-electron chi connectivity index (χ4n) is 3.26. The Bertz CT molecular complexity index is 934. The maximum atomic E-state index is 12.5. The quantitative estimate of drug-likeness (QED) is 0.523. The molecule has 1 amide bonds. The van der Waals surface area contributed by atoms with E-state index in [1.54, 1.807) is 17.6 Å². The van der Waals surface area contributed by atoms with Crippen LogP contribution in [0, 0.1) is 6.92 Å². The summed E-state index contributed by atoms with van der Waals surface area (Å²) >= 11 is 3.32. The van der Waals surface area contributed by atoms with E-state index in [-0.39, 0.29) is 11.2 Å². The van der Waals surface area contributed by atoms with Crippen molar-refractivity contribution in [2.45, 2.75) is 56.4 Å². The monoisotopic (exact) mass is 387 g/mol. The third kappa shape index (κ3) is 3.50. The van der Waals surface area contributed by atoms with Gasteiger partial charge in [-0.05, 0) is 57.2 Å². The minimum atomic E-state index is -0.235. The van der Waals surface area contributed by atoms with Crippen molar-refractivity contribution in [3.8, 4) is 0 Å². The third-order valence-corrected chi connectivity index (χ3v) is 6.84. The smallest absolute Gasteiger partial charge is 0.233 e. The molecule has 1 N–H and O–H groups in total. The van der Waals surface area contributed by atoms with Gasteiger partial charge in [-0.25, -0.2) is 9.97 Å². The molecule has 3 aromatic heterocycles. The summed E-state index contributed by atoms with van der Waals surface area (Å²) in [5, 5.41) is 4.80. The SMILES string of the molecule is Cc1nc(SC(C)C(=O)NCc2ccco2)c2c3c(sc2n1)CCCC3. The van der Waals surface area contributed by atoms with Crippen LogP contribution in [-0.2, 0) is 24.2 Å².